The molecule has 2 saturated heterocycles. The van der Waals surface area contributed by atoms with Gasteiger partial charge in [-0.1, -0.05) is 42.3 Å². The molecule has 1 amide bonds. The van der Waals surface area contributed by atoms with Gasteiger partial charge in [0.1, 0.15) is 5.82 Å². The predicted molar refractivity (Wildman–Crippen MR) is 122 cm³/mol. The lowest BCUT2D eigenvalue weighted by atomic mass is 9.95. The van der Waals surface area contributed by atoms with Crippen LogP contribution in [0.3, 0.4) is 0 Å². The number of nitrogens with zero attached hydrogens (tertiary/aromatic N) is 3. The molecule has 0 saturated carbocycles. The Kier molecular flexibility index (Phi) is 7.24. The van der Waals surface area contributed by atoms with Crippen molar-refractivity contribution in [2.24, 2.45) is 5.92 Å². The summed E-state index contributed by atoms with van der Waals surface area (Å²) in [6.45, 7) is 5.65. The van der Waals surface area contributed by atoms with E-state index in [1.807, 2.05) is 12.1 Å². The number of amides is 1. The topological polar surface area (TPSA) is 48.5 Å². The van der Waals surface area contributed by atoms with Crippen LogP contribution in [-0.2, 0) is 17.9 Å². The molecule has 2 aliphatic rings. The quantitative estimate of drug-likeness (QED) is 0.750. The zero-order valence-electron chi connectivity index (χ0n) is 17.5. The van der Waals surface area contributed by atoms with E-state index >= 15 is 0 Å². The monoisotopic (exact) mass is 426 g/mol. The van der Waals surface area contributed by atoms with Crippen molar-refractivity contribution in [1.82, 2.24) is 15.2 Å². The highest BCUT2D eigenvalue weighted by molar-refractivity contribution is 6.30. The lowest BCUT2D eigenvalue weighted by molar-refractivity contribution is -0.125. The lowest BCUT2D eigenvalue weighted by Crippen LogP contribution is -2.40. The summed E-state index contributed by atoms with van der Waals surface area (Å²) in [5, 5.41) is 3.85. The van der Waals surface area contributed by atoms with Gasteiger partial charge in [0.15, 0.2) is 0 Å². The number of likely N-dealkylation sites (tertiary alicyclic amines) is 1. The molecule has 5 nitrogen and oxygen atoms in total. The van der Waals surface area contributed by atoms with E-state index in [0.717, 1.165) is 38.3 Å². The minimum Gasteiger partial charge on any atom is -0.357 e. The van der Waals surface area contributed by atoms with Gasteiger partial charge in [0.2, 0.25) is 5.91 Å². The maximum atomic E-state index is 12.8. The Morgan fingerprint density at radius 2 is 1.73 bits per heavy atom. The van der Waals surface area contributed by atoms with Crippen LogP contribution in [0.25, 0.3) is 0 Å². The van der Waals surface area contributed by atoms with Crippen molar-refractivity contribution < 1.29 is 4.79 Å². The van der Waals surface area contributed by atoms with Gasteiger partial charge in [0.05, 0.1) is 5.02 Å². The number of carbonyl (C=O) groups excluding carboxylic acids is 1. The van der Waals surface area contributed by atoms with Crippen molar-refractivity contribution in [1.29, 1.82) is 0 Å². The Hall–Kier alpha value is -2.11. The van der Waals surface area contributed by atoms with Gasteiger partial charge in [-0.3, -0.25) is 9.69 Å². The third-order valence-corrected chi connectivity index (χ3v) is 6.54. The fraction of sp³-hybridized carbons (Fsp3) is 0.500. The van der Waals surface area contributed by atoms with Gasteiger partial charge in [0.25, 0.3) is 0 Å². The molecule has 30 heavy (non-hydrogen) atoms. The second-order valence-electron chi connectivity index (χ2n) is 8.42. The number of benzene rings is 1. The number of nitrogens with one attached hydrogen (secondary N) is 1. The van der Waals surface area contributed by atoms with E-state index in [-0.39, 0.29) is 11.8 Å². The third kappa shape index (κ3) is 5.52. The highest BCUT2D eigenvalue weighted by atomic mass is 35.5. The molecule has 4 rings (SSSR count). The smallest absolute Gasteiger partial charge is 0.223 e. The Bertz CT molecular complexity index is 827. The molecule has 2 aliphatic heterocycles. The fourth-order valence-electron chi connectivity index (χ4n) is 4.50. The van der Waals surface area contributed by atoms with Crippen LogP contribution in [0.1, 0.15) is 43.2 Å². The Morgan fingerprint density at radius 1 is 1.00 bits per heavy atom. The van der Waals surface area contributed by atoms with Crippen LogP contribution in [0, 0.1) is 5.92 Å². The minimum absolute atomic E-state index is 0.0720. The molecule has 1 N–H and O–H groups in total. The van der Waals surface area contributed by atoms with Crippen LogP contribution in [0.2, 0.25) is 5.02 Å². The number of hydrogen-bond donors (Lipinski definition) is 1. The summed E-state index contributed by atoms with van der Waals surface area (Å²) >= 11 is 5.93. The molecule has 0 bridgehead atoms. The van der Waals surface area contributed by atoms with E-state index in [2.05, 4.69) is 44.4 Å². The molecule has 0 unspecified atom stereocenters. The van der Waals surface area contributed by atoms with E-state index < -0.39 is 0 Å². The number of aromatic nitrogens is 1. The molecule has 6 heteroatoms. The first-order valence-corrected chi connectivity index (χ1v) is 11.5. The highest BCUT2D eigenvalue weighted by Gasteiger charge is 2.25. The molecular weight excluding hydrogens is 396 g/mol. The summed E-state index contributed by atoms with van der Waals surface area (Å²) in [7, 11) is 0. The van der Waals surface area contributed by atoms with Crippen molar-refractivity contribution in [3.63, 3.8) is 0 Å². The number of pyridine rings is 1. The third-order valence-electron chi connectivity index (χ3n) is 6.32. The zero-order chi connectivity index (χ0) is 20.8. The van der Waals surface area contributed by atoms with E-state index in [1.165, 1.54) is 43.5 Å². The van der Waals surface area contributed by atoms with Crippen molar-refractivity contribution in [3.05, 3.63) is 58.7 Å². The lowest BCUT2D eigenvalue weighted by Gasteiger charge is -2.32. The van der Waals surface area contributed by atoms with Gasteiger partial charge >= 0.3 is 0 Å². The molecule has 2 aromatic rings. The second kappa shape index (κ2) is 10.3. The second-order valence-corrected chi connectivity index (χ2v) is 8.86. The van der Waals surface area contributed by atoms with E-state index in [9.17, 15) is 4.79 Å². The first-order valence-electron chi connectivity index (χ1n) is 11.1. The maximum absolute atomic E-state index is 12.8. The van der Waals surface area contributed by atoms with Crippen LogP contribution in [-0.4, -0.2) is 42.0 Å². The van der Waals surface area contributed by atoms with Crippen molar-refractivity contribution >= 4 is 23.3 Å². The van der Waals surface area contributed by atoms with E-state index in [1.54, 1.807) is 6.20 Å². The van der Waals surface area contributed by atoms with Crippen LogP contribution in [0.15, 0.2) is 42.6 Å². The molecule has 2 fully saturated rings. The van der Waals surface area contributed by atoms with Crippen molar-refractivity contribution in [3.8, 4) is 0 Å². The fourth-order valence-corrected chi connectivity index (χ4v) is 4.61. The number of carbonyl (C=O) groups is 1. The summed E-state index contributed by atoms with van der Waals surface area (Å²) in [6, 6.07) is 12.3. The van der Waals surface area contributed by atoms with Gasteiger partial charge in [-0.05, 0) is 62.0 Å². The first-order chi connectivity index (χ1) is 14.7. The van der Waals surface area contributed by atoms with Gasteiger partial charge in [-0.2, -0.15) is 0 Å². The molecule has 3 heterocycles. The van der Waals surface area contributed by atoms with Gasteiger partial charge in [-0.15, -0.1) is 0 Å². The molecule has 160 valence electrons. The Balaban J connectivity index is 1.27. The number of halogens is 1. The maximum Gasteiger partial charge on any atom is 0.223 e. The van der Waals surface area contributed by atoms with E-state index in [4.69, 9.17) is 11.6 Å². The largest absolute Gasteiger partial charge is 0.357 e. The minimum atomic E-state index is 0.0720. The number of piperidine rings is 2. The van der Waals surface area contributed by atoms with Crippen LogP contribution in [0.4, 0.5) is 5.82 Å². The van der Waals surface area contributed by atoms with Crippen LogP contribution >= 0.6 is 11.6 Å². The molecule has 0 radical (unpaired) electrons. The highest BCUT2D eigenvalue weighted by Crippen LogP contribution is 2.23. The summed E-state index contributed by atoms with van der Waals surface area (Å²) in [5.41, 5.74) is 2.57. The average molecular weight is 427 g/mol. The zero-order valence-corrected chi connectivity index (χ0v) is 18.3. The summed E-state index contributed by atoms with van der Waals surface area (Å²) in [4.78, 5) is 21.9. The van der Waals surface area contributed by atoms with Crippen molar-refractivity contribution in [2.45, 2.75) is 45.2 Å². The average Bonchev–Trinajstić information content (AvgIpc) is 2.80. The summed E-state index contributed by atoms with van der Waals surface area (Å²) < 4.78 is 0. The van der Waals surface area contributed by atoms with Crippen LogP contribution < -0.4 is 10.2 Å². The van der Waals surface area contributed by atoms with E-state index in [0.29, 0.717) is 11.6 Å². The Labute approximate surface area is 184 Å². The van der Waals surface area contributed by atoms with Gasteiger partial charge in [0, 0.05) is 38.3 Å². The molecular formula is C24H31ClN4O. The number of anilines is 1. The van der Waals surface area contributed by atoms with Gasteiger partial charge in [-0.25, -0.2) is 4.98 Å². The van der Waals surface area contributed by atoms with Crippen LogP contribution in [0.5, 0.6) is 0 Å². The molecule has 1 aromatic carbocycles. The predicted octanol–water partition coefficient (Wildman–Crippen LogP) is 4.25. The molecule has 0 spiro atoms. The summed E-state index contributed by atoms with van der Waals surface area (Å²) in [6.07, 6.45) is 7.32. The van der Waals surface area contributed by atoms with Crippen molar-refractivity contribution in [2.75, 3.05) is 31.1 Å². The normalized spacial score (nSPS) is 18.4. The number of rotatable bonds is 6. The van der Waals surface area contributed by atoms with Gasteiger partial charge < -0.3 is 10.2 Å². The molecule has 0 atom stereocenters. The molecule has 1 aromatic heterocycles. The first kappa shape index (κ1) is 21.1. The number of hydrogen-bond acceptors (Lipinski definition) is 4. The summed E-state index contributed by atoms with van der Waals surface area (Å²) in [5.74, 6) is 1.18. The standard InChI is InChI=1S/C24H31ClN4O/c25-22-8-9-23(26-17-22)29-14-10-19(11-15-29)24(30)27-16-20-6-2-3-7-21(20)18-28-12-4-1-5-13-28/h2-3,6-9,17,19H,1,4-5,10-16,18H2,(H,27,30). The SMILES string of the molecule is O=C(NCc1ccccc1CN1CCCCC1)C1CCN(c2ccc(Cl)cn2)CC1. The Morgan fingerprint density at radius 3 is 2.43 bits per heavy atom. The molecule has 0 aliphatic carbocycles.